The highest BCUT2D eigenvalue weighted by atomic mass is 35.5. The van der Waals surface area contributed by atoms with E-state index in [0.29, 0.717) is 57.7 Å². The predicted octanol–water partition coefficient (Wildman–Crippen LogP) is 6.24. The zero-order valence-corrected chi connectivity index (χ0v) is 22.5. The van der Waals surface area contributed by atoms with Gasteiger partial charge in [-0.3, -0.25) is 9.36 Å². The van der Waals surface area contributed by atoms with Crippen molar-refractivity contribution in [2.75, 3.05) is 32.5 Å². The first kappa shape index (κ1) is 26.7. The average molecular weight is 538 g/mol. The monoisotopic (exact) mass is 537 g/mol. The molecule has 4 rings (SSSR count). The Balaban J connectivity index is 1.85. The molecule has 1 N–H and O–H groups in total. The maximum absolute atomic E-state index is 13.8. The summed E-state index contributed by atoms with van der Waals surface area (Å²) in [4.78, 5) is 36.1. The molecule has 3 aromatic carbocycles. The number of halogens is 2. The molecular weight excluding hydrogens is 509 g/mol. The third-order valence-corrected chi connectivity index (χ3v) is 6.65. The number of fused-ring (bicyclic) bond motifs is 1. The summed E-state index contributed by atoms with van der Waals surface area (Å²) in [5.41, 5.74) is 1.54. The molecule has 0 saturated heterocycles. The van der Waals surface area contributed by atoms with Crippen LogP contribution in [0.3, 0.4) is 0 Å². The second-order valence-corrected chi connectivity index (χ2v) is 9.78. The molecule has 0 aliphatic heterocycles. The summed E-state index contributed by atoms with van der Waals surface area (Å²) in [6.45, 7) is 2.99. The van der Waals surface area contributed by atoms with E-state index in [1.165, 1.54) is 0 Å². The first-order valence-electron chi connectivity index (χ1n) is 12.0. The fraction of sp³-hybridized carbons (Fsp3) is 0.250. The van der Waals surface area contributed by atoms with E-state index in [2.05, 4.69) is 5.32 Å². The molecule has 9 heteroatoms. The molecular formula is C28H29Cl2N5O2. The van der Waals surface area contributed by atoms with Gasteiger partial charge in [-0.15, -0.1) is 0 Å². The van der Waals surface area contributed by atoms with Gasteiger partial charge >= 0.3 is 6.03 Å². The molecule has 0 saturated carbocycles. The molecule has 0 fully saturated rings. The van der Waals surface area contributed by atoms with E-state index in [4.69, 9.17) is 28.2 Å². The number of hydrogen-bond donors (Lipinski definition) is 1. The van der Waals surface area contributed by atoms with Crippen molar-refractivity contribution in [3.63, 3.8) is 0 Å². The van der Waals surface area contributed by atoms with Gasteiger partial charge in [0.1, 0.15) is 5.82 Å². The Kier molecular flexibility index (Phi) is 8.48. The Labute approximate surface area is 226 Å². The number of rotatable bonds is 8. The maximum Gasteiger partial charge on any atom is 0.322 e. The van der Waals surface area contributed by atoms with Gasteiger partial charge in [0.25, 0.3) is 5.56 Å². The molecule has 7 nitrogen and oxygen atoms in total. The first-order chi connectivity index (χ1) is 17.8. The minimum atomic E-state index is -0.497. The van der Waals surface area contributed by atoms with Gasteiger partial charge in [-0.05, 0) is 63.0 Å². The van der Waals surface area contributed by atoms with Gasteiger partial charge in [0.05, 0.1) is 33.3 Å². The summed E-state index contributed by atoms with van der Waals surface area (Å²) in [5.74, 6) is 0.494. The van der Waals surface area contributed by atoms with E-state index in [1.807, 2.05) is 74.4 Å². The SMILES string of the molecule is CCC(c1nc2ccccc2c(=O)n1-c1ccccc1)N(CCN(C)C)C(=O)Nc1ccc(Cl)cc1Cl. The third kappa shape index (κ3) is 5.96. The van der Waals surface area contributed by atoms with Crippen LogP contribution in [0.1, 0.15) is 25.2 Å². The lowest BCUT2D eigenvalue weighted by atomic mass is 10.1. The summed E-state index contributed by atoms with van der Waals surface area (Å²) in [5, 5.41) is 4.25. The summed E-state index contributed by atoms with van der Waals surface area (Å²) in [6.07, 6.45) is 0.535. The number of nitrogens with zero attached hydrogens (tertiary/aromatic N) is 4. The van der Waals surface area contributed by atoms with Crippen molar-refractivity contribution in [2.45, 2.75) is 19.4 Å². The third-order valence-electron chi connectivity index (χ3n) is 6.10. The highest BCUT2D eigenvalue weighted by Gasteiger charge is 2.29. The normalized spacial score (nSPS) is 12.1. The van der Waals surface area contributed by atoms with Crippen LogP contribution in [-0.2, 0) is 0 Å². The van der Waals surface area contributed by atoms with Gasteiger partial charge in [0.15, 0.2) is 0 Å². The number of carbonyl (C=O) groups excluding carboxylic acids is 1. The first-order valence-corrected chi connectivity index (χ1v) is 12.8. The number of likely N-dealkylation sites (N-methyl/N-ethyl adjacent to an activating group) is 1. The largest absolute Gasteiger partial charge is 0.322 e. The van der Waals surface area contributed by atoms with Crippen LogP contribution >= 0.6 is 23.2 Å². The van der Waals surface area contributed by atoms with Gasteiger partial charge in [0.2, 0.25) is 0 Å². The molecule has 1 atom stereocenters. The minimum Gasteiger partial charge on any atom is -0.313 e. The molecule has 37 heavy (non-hydrogen) atoms. The van der Waals surface area contributed by atoms with Crippen molar-refractivity contribution in [1.82, 2.24) is 19.4 Å². The Morgan fingerprint density at radius 1 is 1.00 bits per heavy atom. The van der Waals surface area contributed by atoms with Crippen LogP contribution in [0.5, 0.6) is 0 Å². The molecule has 1 unspecified atom stereocenters. The molecule has 0 bridgehead atoms. The minimum absolute atomic E-state index is 0.182. The number of hydrogen-bond acceptors (Lipinski definition) is 4. The fourth-order valence-electron chi connectivity index (χ4n) is 4.23. The Hall–Kier alpha value is -3.39. The van der Waals surface area contributed by atoms with Crippen LogP contribution in [0.2, 0.25) is 10.0 Å². The highest BCUT2D eigenvalue weighted by Crippen LogP contribution is 2.29. The van der Waals surface area contributed by atoms with Crippen molar-refractivity contribution < 1.29 is 4.79 Å². The number of para-hydroxylation sites is 2. The van der Waals surface area contributed by atoms with E-state index in [-0.39, 0.29) is 11.6 Å². The van der Waals surface area contributed by atoms with E-state index in [1.54, 1.807) is 33.7 Å². The predicted molar refractivity (Wildman–Crippen MR) is 151 cm³/mol. The number of urea groups is 1. The van der Waals surface area contributed by atoms with E-state index in [0.717, 1.165) is 0 Å². The summed E-state index contributed by atoms with van der Waals surface area (Å²) < 4.78 is 1.61. The van der Waals surface area contributed by atoms with Crippen LogP contribution in [0.15, 0.2) is 77.6 Å². The molecule has 0 spiro atoms. The summed E-state index contributed by atoms with van der Waals surface area (Å²) in [7, 11) is 3.89. The molecule has 0 radical (unpaired) electrons. The smallest absolute Gasteiger partial charge is 0.313 e. The van der Waals surface area contributed by atoms with Gasteiger partial charge in [0, 0.05) is 18.1 Å². The van der Waals surface area contributed by atoms with Crippen LogP contribution in [-0.4, -0.2) is 52.6 Å². The van der Waals surface area contributed by atoms with Gasteiger partial charge in [-0.25, -0.2) is 9.78 Å². The van der Waals surface area contributed by atoms with Gasteiger partial charge in [-0.1, -0.05) is 60.5 Å². The van der Waals surface area contributed by atoms with Crippen LogP contribution < -0.4 is 10.9 Å². The number of carbonyl (C=O) groups is 1. The molecule has 192 valence electrons. The van der Waals surface area contributed by atoms with Crippen molar-refractivity contribution in [3.05, 3.63) is 99.0 Å². The molecule has 1 aromatic heterocycles. The number of anilines is 1. The van der Waals surface area contributed by atoms with Crippen LogP contribution in [0, 0.1) is 0 Å². The molecule has 0 aliphatic rings. The van der Waals surface area contributed by atoms with E-state index < -0.39 is 6.04 Å². The lowest BCUT2D eigenvalue weighted by molar-refractivity contribution is 0.173. The lowest BCUT2D eigenvalue weighted by Gasteiger charge is -2.33. The van der Waals surface area contributed by atoms with Crippen molar-refractivity contribution >= 4 is 45.8 Å². The Morgan fingerprint density at radius 3 is 2.38 bits per heavy atom. The standard InChI is InChI=1S/C28H29Cl2N5O2/c1-4-25(34(17-16-33(2)3)28(37)32-24-15-14-19(29)18-22(24)30)26-31-23-13-9-8-12-21(23)27(36)35(26)20-10-6-5-7-11-20/h5-15,18,25H,4,16-17H2,1-3H3,(H,32,37). The van der Waals surface area contributed by atoms with Crippen molar-refractivity contribution in [3.8, 4) is 5.69 Å². The second-order valence-electron chi connectivity index (χ2n) is 8.94. The maximum atomic E-state index is 13.8. The molecule has 2 amide bonds. The van der Waals surface area contributed by atoms with Gasteiger partial charge in [-0.2, -0.15) is 0 Å². The quantitative estimate of drug-likeness (QED) is 0.288. The second kappa shape index (κ2) is 11.8. The zero-order valence-electron chi connectivity index (χ0n) is 21.0. The molecule has 0 aliphatic carbocycles. The number of amides is 2. The van der Waals surface area contributed by atoms with Crippen LogP contribution in [0.25, 0.3) is 16.6 Å². The molecule has 4 aromatic rings. The van der Waals surface area contributed by atoms with Crippen molar-refractivity contribution in [2.24, 2.45) is 0 Å². The van der Waals surface area contributed by atoms with E-state index >= 15 is 0 Å². The highest BCUT2D eigenvalue weighted by molar-refractivity contribution is 6.36. The number of benzene rings is 3. The van der Waals surface area contributed by atoms with Gasteiger partial charge < -0.3 is 15.1 Å². The topological polar surface area (TPSA) is 70.5 Å². The van der Waals surface area contributed by atoms with Crippen molar-refractivity contribution in [1.29, 1.82) is 0 Å². The van der Waals surface area contributed by atoms with Crippen LogP contribution in [0.4, 0.5) is 10.5 Å². The summed E-state index contributed by atoms with van der Waals surface area (Å²) >= 11 is 12.4. The number of aromatic nitrogens is 2. The number of nitrogens with one attached hydrogen (secondary N) is 1. The average Bonchev–Trinajstić information content (AvgIpc) is 2.88. The molecule has 1 heterocycles. The lowest BCUT2D eigenvalue weighted by Crippen LogP contribution is -2.43. The Bertz CT molecular complexity index is 1460. The zero-order chi connectivity index (χ0) is 26.5. The Morgan fingerprint density at radius 2 is 1.70 bits per heavy atom. The summed E-state index contributed by atoms with van der Waals surface area (Å²) in [6, 6.07) is 20.7. The van der Waals surface area contributed by atoms with E-state index in [9.17, 15) is 9.59 Å². The fourth-order valence-corrected chi connectivity index (χ4v) is 4.68.